The summed E-state index contributed by atoms with van der Waals surface area (Å²) in [5.41, 5.74) is 2.25. The molecule has 1 unspecified atom stereocenters. The van der Waals surface area contributed by atoms with Gasteiger partial charge in [0.2, 0.25) is 0 Å². The SMILES string of the molecule is COc1ccccc1C1/C(=C(\O)c2ccc3c(c2)CCCO3)C(=O)C(=O)N1CCCN(C)C. The number of likely N-dealkylation sites (tertiary alicyclic amines) is 1. The number of carbonyl (C=O) groups excluding carboxylic acids is 2. The fourth-order valence-corrected chi connectivity index (χ4v) is 4.55. The van der Waals surface area contributed by atoms with Gasteiger partial charge in [0.1, 0.15) is 17.3 Å². The Balaban J connectivity index is 1.82. The molecule has 0 aliphatic carbocycles. The van der Waals surface area contributed by atoms with Crippen LogP contribution in [0.5, 0.6) is 11.5 Å². The quantitative estimate of drug-likeness (QED) is 0.396. The van der Waals surface area contributed by atoms with Crippen molar-refractivity contribution in [2.45, 2.75) is 25.3 Å². The Morgan fingerprint density at radius 2 is 2.00 bits per heavy atom. The van der Waals surface area contributed by atoms with E-state index in [0.29, 0.717) is 36.4 Å². The third kappa shape index (κ3) is 4.46. The van der Waals surface area contributed by atoms with Gasteiger partial charge < -0.3 is 24.4 Å². The molecule has 0 spiro atoms. The summed E-state index contributed by atoms with van der Waals surface area (Å²) >= 11 is 0. The Kier molecular flexibility index (Phi) is 6.70. The van der Waals surface area contributed by atoms with Crippen LogP contribution in [0.25, 0.3) is 5.76 Å². The first-order chi connectivity index (χ1) is 15.9. The fourth-order valence-electron chi connectivity index (χ4n) is 4.55. The number of amides is 1. The summed E-state index contributed by atoms with van der Waals surface area (Å²) in [4.78, 5) is 29.9. The summed E-state index contributed by atoms with van der Waals surface area (Å²) in [7, 11) is 5.48. The number of nitrogens with zero attached hydrogens (tertiary/aromatic N) is 2. The van der Waals surface area contributed by atoms with E-state index in [1.165, 1.54) is 0 Å². The zero-order valence-electron chi connectivity index (χ0n) is 19.3. The van der Waals surface area contributed by atoms with Gasteiger partial charge in [0.15, 0.2) is 0 Å². The normalized spacial score (nSPS) is 19.5. The summed E-state index contributed by atoms with van der Waals surface area (Å²) in [5.74, 6) is -0.0996. The smallest absolute Gasteiger partial charge is 0.295 e. The Bertz CT molecular complexity index is 1090. The number of rotatable bonds is 7. The van der Waals surface area contributed by atoms with E-state index in [9.17, 15) is 14.7 Å². The summed E-state index contributed by atoms with van der Waals surface area (Å²) in [6.45, 7) is 1.83. The Labute approximate surface area is 194 Å². The van der Waals surface area contributed by atoms with E-state index in [0.717, 1.165) is 30.7 Å². The van der Waals surface area contributed by atoms with Crippen LogP contribution in [0.15, 0.2) is 48.0 Å². The third-order valence-corrected chi connectivity index (χ3v) is 6.16. The molecule has 0 saturated carbocycles. The number of methoxy groups -OCH3 is 1. The van der Waals surface area contributed by atoms with Gasteiger partial charge >= 0.3 is 0 Å². The maximum absolute atomic E-state index is 13.2. The minimum absolute atomic E-state index is 0.0889. The highest BCUT2D eigenvalue weighted by Gasteiger charge is 2.46. The van der Waals surface area contributed by atoms with Crippen molar-refractivity contribution in [2.75, 3.05) is 40.9 Å². The molecule has 1 atom stereocenters. The molecule has 0 aromatic heterocycles. The average Bonchev–Trinajstić information content (AvgIpc) is 3.08. The number of Topliss-reactive ketones (excluding diaryl/α,β-unsaturated/α-hetero) is 1. The largest absolute Gasteiger partial charge is 0.507 e. The molecule has 1 saturated heterocycles. The number of hydrogen-bond donors (Lipinski definition) is 1. The maximum Gasteiger partial charge on any atom is 0.295 e. The van der Waals surface area contributed by atoms with Gasteiger partial charge in [-0.2, -0.15) is 0 Å². The van der Waals surface area contributed by atoms with Crippen LogP contribution >= 0.6 is 0 Å². The van der Waals surface area contributed by atoms with Crippen molar-refractivity contribution in [3.8, 4) is 11.5 Å². The number of para-hydroxylation sites is 1. The van der Waals surface area contributed by atoms with E-state index in [-0.39, 0.29) is 11.3 Å². The van der Waals surface area contributed by atoms with Crippen LogP contribution in [0.1, 0.15) is 35.6 Å². The molecule has 2 aliphatic rings. The van der Waals surface area contributed by atoms with Crippen molar-refractivity contribution in [1.29, 1.82) is 0 Å². The summed E-state index contributed by atoms with van der Waals surface area (Å²) in [5, 5.41) is 11.3. The molecule has 7 heteroatoms. The molecule has 4 rings (SSSR count). The van der Waals surface area contributed by atoms with Crippen LogP contribution < -0.4 is 9.47 Å². The molecule has 2 heterocycles. The standard InChI is InChI=1S/C26H30N2O5/c1-27(2)13-7-14-28-23(19-9-4-5-10-21(19)32-3)22(25(30)26(28)31)24(29)18-11-12-20-17(16-18)8-6-15-33-20/h4-5,9-12,16,23,29H,6-8,13-15H2,1-3H3/b24-22+. The lowest BCUT2D eigenvalue weighted by Gasteiger charge is -2.27. The molecule has 7 nitrogen and oxygen atoms in total. The zero-order chi connectivity index (χ0) is 23.5. The lowest BCUT2D eigenvalue weighted by Crippen LogP contribution is -2.32. The summed E-state index contributed by atoms with van der Waals surface area (Å²) < 4.78 is 11.2. The van der Waals surface area contributed by atoms with Crippen molar-refractivity contribution in [1.82, 2.24) is 9.80 Å². The molecule has 1 N–H and O–H groups in total. The number of aryl methyl sites for hydroxylation is 1. The molecule has 1 fully saturated rings. The number of ether oxygens (including phenoxy) is 2. The van der Waals surface area contributed by atoms with Crippen molar-refractivity contribution in [2.24, 2.45) is 0 Å². The predicted molar refractivity (Wildman–Crippen MR) is 125 cm³/mol. The predicted octanol–water partition coefficient (Wildman–Crippen LogP) is 3.39. The van der Waals surface area contributed by atoms with Crippen LogP contribution in [0.4, 0.5) is 0 Å². The Morgan fingerprint density at radius 1 is 1.21 bits per heavy atom. The van der Waals surface area contributed by atoms with E-state index in [1.807, 2.05) is 49.3 Å². The van der Waals surface area contributed by atoms with Crippen LogP contribution in [0, 0.1) is 0 Å². The van der Waals surface area contributed by atoms with Crippen LogP contribution in [-0.2, 0) is 16.0 Å². The van der Waals surface area contributed by atoms with Gasteiger partial charge in [-0.3, -0.25) is 9.59 Å². The monoisotopic (exact) mass is 450 g/mol. The van der Waals surface area contributed by atoms with E-state index < -0.39 is 17.7 Å². The van der Waals surface area contributed by atoms with Crippen LogP contribution in [0.2, 0.25) is 0 Å². The second-order valence-corrected chi connectivity index (χ2v) is 8.67. The first-order valence-corrected chi connectivity index (χ1v) is 11.2. The summed E-state index contributed by atoms with van der Waals surface area (Å²) in [6, 6.07) is 12.0. The number of benzene rings is 2. The summed E-state index contributed by atoms with van der Waals surface area (Å²) in [6.07, 6.45) is 2.43. The van der Waals surface area contributed by atoms with Crippen molar-refractivity contribution >= 4 is 17.4 Å². The molecule has 1 amide bonds. The lowest BCUT2D eigenvalue weighted by molar-refractivity contribution is -0.140. The van der Waals surface area contributed by atoms with E-state index in [1.54, 1.807) is 24.1 Å². The van der Waals surface area contributed by atoms with Crippen LogP contribution in [-0.4, -0.2) is 67.5 Å². The molecule has 174 valence electrons. The van der Waals surface area contributed by atoms with Crippen molar-refractivity contribution in [3.63, 3.8) is 0 Å². The Morgan fingerprint density at radius 3 is 2.76 bits per heavy atom. The van der Waals surface area contributed by atoms with Crippen molar-refractivity contribution < 1.29 is 24.2 Å². The minimum Gasteiger partial charge on any atom is -0.507 e. The van der Waals surface area contributed by atoms with Gasteiger partial charge in [0, 0.05) is 17.7 Å². The number of carbonyl (C=O) groups is 2. The molecule has 33 heavy (non-hydrogen) atoms. The maximum atomic E-state index is 13.2. The number of aliphatic hydroxyl groups excluding tert-OH is 1. The van der Waals surface area contributed by atoms with Gasteiger partial charge in [-0.1, -0.05) is 18.2 Å². The molecule has 0 bridgehead atoms. The Hall–Kier alpha value is -3.32. The van der Waals surface area contributed by atoms with Gasteiger partial charge in [0.05, 0.1) is 25.3 Å². The third-order valence-electron chi connectivity index (χ3n) is 6.16. The molecular weight excluding hydrogens is 420 g/mol. The number of fused-ring (bicyclic) bond motifs is 1. The van der Waals surface area contributed by atoms with E-state index >= 15 is 0 Å². The molecule has 0 radical (unpaired) electrons. The number of aliphatic hydroxyl groups is 1. The van der Waals surface area contributed by atoms with Crippen LogP contribution in [0.3, 0.4) is 0 Å². The molecule has 2 aliphatic heterocycles. The average molecular weight is 451 g/mol. The minimum atomic E-state index is -0.726. The first-order valence-electron chi connectivity index (χ1n) is 11.2. The fraction of sp³-hybridized carbons (Fsp3) is 0.385. The molecule has 2 aromatic carbocycles. The van der Waals surface area contributed by atoms with Gasteiger partial charge in [-0.25, -0.2) is 0 Å². The molecular formula is C26H30N2O5. The second-order valence-electron chi connectivity index (χ2n) is 8.67. The highest BCUT2D eigenvalue weighted by molar-refractivity contribution is 6.46. The molecule has 2 aromatic rings. The highest BCUT2D eigenvalue weighted by Crippen LogP contribution is 2.43. The topological polar surface area (TPSA) is 79.3 Å². The zero-order valence-corrected chi connectivity index (χ0v) is 19.3. The van der Waals surface area contributed by atoms with E-state index in [2.05, 4.69) is 0 Å². The van der Waals surface area contributed by atoms with Gasteiger partial charge in [0.25, 0.3) is 11.7 Å². The second kappa shape index (κ2) is 9.67. The number of hydrogen-bond acceptors (Lipinski definition) is 6. The van der Waals surface area contributed by atoms with E-state index in [4.69, 9.17) is 9.47 Å². The van der Waals surface area contributed by atoms with Gasteiger partial charge in [-0.15, -0.1) is 0 Å². The highest BCUT2D eigenvalue weighted by atomic mass is 16.5. The van der Waals surface area contributed by atoms with Crippen molar-refractivity contribution in [3.05, 3.63) is 64.7 Å². The lowest BCUT2D eigenvalue weighted by atomic mass is 9.93. The first kappa shape index (κ1) is 22.9. The number of ketones is 1. The van der Waals surface area contributed by atoms with Gasteiger partial charge in [-0.05, 0) is 69.7 Å².